The van der Waals surface area contributed by atoms with Gasteiger partial charge in [-0.05, 0) is 42.5 Å². The number of aliphatic hydroxyl groups is 1. The molecule has 0 bridgehead atoms. The van der Waals surface area contributed by atoms with Crippen molar-refractivity contribution in [2.24, 2.45) is 0 Å². The zero-order valence-electron chi connectivity index (χ0n) is 11.7. The van der Waals surface area contributed by atoms with Crippen LogP contribution < -0.4 is 5.56 Å². The Labute approximate surface area is 136 Å². The van der Waals surface area contributed by atoms with Gasteiger partial charge in [0, 0.05) is 16.7 Å². The van der Waals surface area contributed by atoms with Crippen molar-refractivity contribution < 1.29 is 5.11 Å². The van der Waals surface area contributed by atoms with Crippen molar-refractivity contribution in [2.45, 2.75) is 0 Å². The number of hydrogen-bond acceptors (Lipinski definition) is 4. The van der Waals surface area contributed by atoms with Crippen molar-refractivity contribution in [1.29, 1.82) is 5.26 Å². The molecule has 0 atom stereocenters. The quantitative estimate of drug-likeness (QED) is 0.706. The van der Waals surface area contributed by atoms with E-state index in [1.165, 1.54) is 6.08 Å². The molecule has 2 N–H and O–H groups in total. The smallest absolute Gasteiger partial charge is 0.274 e. The second kappa shape index (κ2) is 5.95. The summed E-state index contributed by atoms with van der Waals surface area (Å²) in [6.45, 7) is 0. The van der Waals surface area contributed by atoms with Gasteiger partial charge in [-0.25, -0.2) is 4.98 Å². The molecule has 112 valence electrons. The molecule has 0 saturated carbocycles. The minimum absolute atomic E-state index is 0.0556. The fraction of sp³-hybridized carbons (Fsp3) is 0. The lowest BCUT2D eigenvalue weighted by Gasteiger charge is -2.02. The first kappa shape index (κ1) is 14.8. The summed E-state index contributed by atoms with van der Waals surface area (Å²) in [6, 6.07) is 13.4. The average molecular weight is 324 g/mol. The Morgan fingerprint density at radius 2 is 2.00 bits per heavy atom. The van der Waals surface area contributed by atoms with E-state index >= 15 is 0 Å². The summed E-state index contributed by atoms with van der Waals surface area (Å²) in [5.74, 6) is -0.101. The van der Waals surface area contributed by atoms with Gasteiger partial charge in [-0.3, -0.25) is 4.79 Å². The molecule has 0 unspecified atom stereocenters. The molecule has 6 heteroatoms. The largest absolute Gasteiger partial charge is 0.507 e. The standard InChI is InChI=1S/C17H10ClN3O2/c18-12-4-2-11(3-5-12)16(22)8-15-17(23)21-13-6-1-10(9-19)7-14(13)20-15/h1-8,22H,(H,21,23)/b16-8-. The highest BCUT2D eigenvalue weighted by Gasteiger charge is 2.06. The van der Waals surface area contributed by atoms with Crippen LogP contribution in [0.3, 0.4) is 0 Å². The number of H-pyrrole nitrogens is 1. The summed E-state index contributed by atoms with van der Waals surface area (Å²) in [4.78, 5) is 18.9. The van der Waals surface area contributed by atoms with Crippen LogP contribution in [0.4, 0.5) is 0 Å². The predicted octanol–water partition coefficient (Wildman–Crippen LogP) is 3.50. The van der Waals surface area contributed by atoms with Crippen LogP contribution in [-0.2, 0) is 0 Å². The molecule has 0 spiro atoms. The second-order valence-corrected chi connectivity index (χ2v) is 5.27. The van der Waals surface area contributed by atoms with E-state index in [4.69, 9.17) is 16.9 Å². The van der Waals surface area contributed by atoms with Gasteiger partial charge in [0.2, 0.25) is 0 Å². The summed E-state index contributed by atoms with van der Waals surface area (Å²) < 4.78 is 0. The lowest BCUT2D eigenvalue weighted by molar-refractivity contribution is 0.515. The molecule has 5 nitrogen and oxygen atoms in total. The van der Waals surface area contributed by atoms with E-state index in [9.17, 15) is 9.90 Å². The summed E-state index contributed by atoms with van der Waals surface area (Å²) in [6.07, 6.45) is 1.28. The first-order valence-corrected chi connectivity index (χ1v) is 7.05. The molecular formula is C17H10ClN3O2. The van der Waals surface area contributed by atoms with Crippen molar-refractivity contribution in [1.82, 2.24) is 9.97 Å². The fourth-order valence-corrected chi connectivity index (χ4v) is 2.22. The molecule has 0 aliphatic heterocycles. The Balaban J connectivity index is 2.10. The SMILES string of the molecule is N#Cc1ccc2[nH]c(=O)c(/C=C(\O)c3ccc(Cl)cc3)nc2c1. The number of nitrogens with one attached hydrogen (secondary N) is 1. The second-order valence-electron chi connectivity index (χ2n) is 4.83. The van der Waals surface area contributed by atoms with Crippen molar-refractivity contribution >= 4 is 34.5 Å². The number of hydrogen-bond donors (Lipinski definition) is 2. The monoisotopic (exact) mass is 323 g/mol. The molecule has 23 heavy (non-hydrogen) atoms. The lowest BCUT2D eigenvalue weighted by atomic mass is 10.1. The highest BCUT2D eigenvalue weighted by Crippen LogP contribution is 2.17. The first-order chi connectivity index (χ1) is 11.1. The average Bonchev–Trinajstić information content (AvgIpc) is 2.55. The first-order valence-electron chi connectivity index (χ1n) is 6.67. The third-order valence-electron chi connectivity index (χ3n) is 3.26. The minimum Gasteiger partial charge on any atom is -0.507 e. The number of benzene rings is 2. The van der Waals surface area contributed by atoms with Crippen molar-refractivity contribution in [3.63, 3.8) is 0 Å². The minimum atomic E-state index is -0.428. The fourth-order valence-electron chi connectivity index (χ4n) is 2.10. The van der Waals surface area contributed by atoms with Crippen LogP contribution in [0.15, 0.2) is 47.3 Å². The van der Waals surface area contributed by atoms with Gasteiger partial charge < -0.3 is 10.1 Å². The number of halogens is 1. The van der Waals surface area contributed by atoms with Crippen molar-refractivity contribution in [3.8, 4) is 6.07 Å². The van der Waals surface area contributed by atoms with E-state index in [0.29, 0.717) is 27.2 Å². The Bertz CT molecular complexity index is 1010. The van der Waals surface area contributed by atoms with Gasteiger partial charge in [0.25, 0.3) is 5.56 Å². The maximum Gasteiger partial charge on any atom is 0.274 e. The summed E-state index contributed by atoms with van der Waals surface area (Å²) in [5, 5.41) is 19.6. The molecule has 3 rings (SSSR count). The topological polar surface area (TPSA) is 89.8 Å². The predicted molar refractivity (Wildman–Crippen MR) is 89.0 cm³/mol. The molecular weight excluding hydrogens is 314 g/mol. The van der Waals surface area contributed by atoms with Crippen LogP contribution in [0.1, 0.15) is 16.8 Å². The molecule has 0 radical (unpaired) electrons. The van der Waals surface area contributed by atoms with Gasteiger partial charge in [-0.1, -0.05) is 11.6 Å². The molecule has 1 heterocycles. The number of rotatable bonds is 2. The molecule has 2 aromatic carbocycles. The summed E-state index contributed by atoms with van der Waals surface area (Å²) in [7, 11) is 0. The highest BCUT2D eigenvalue weighted by molar-refractivity contribution is 6.30. The Morgan fingerprint density at radius 3 is 2.70 bits per heavy atom. The van der Waals surface area contributed by atoms with Crippen molar-refractivity contribution in [2.75, 3.05) is 0 Å². The van der Waals surface area contributed by atoms with Gasteiger partial charge in [0.05, 0.1) is 22.7 Å². The van der Waals surface area contributed by atoms with Crippen LogP contribution in [-0.4, -0.2) is 15.1 Å². The number of aromatic amines is 1. The third kappa shape index (κ3) is 3.07. The van der Waals surface area contributed by atoms with Crippen LogP contribution in [0.2, 0.25) is 5.02 Å². The Morgan fingerprint density at radius 1 is 1.26 bits per heavy atom. The van der Waals surface area contributed by atoms with Crippen LogP contribution in [0.5, 0.6) is 0 Å². The van der Waals surface area contributed by atoms with Gasteiger partial charge in [0.15, 0.2) is 0 Å². The zero-order chi connectivity index (χ0) is 16.4. The molecule has 0 aliphatic rings. The normalized spacial score (nSPS) is 11.4. The molecule has 1 aromatic heterocycles. The van der Waals surface area contributed by atoms with E-state index in [-0.39, 0.29) is 11.5 Å². The molecule has 3 aromatic rings. The number of fused-ring (bicyclic) bond motifs is 1. The van der Waals surface area contributed by atoms with E-state index in [1.54, 1.807) is 42.5 Å². The van der Waals surface area contributed by atoms with Crippen LogP contribution >= 0.6 is 11.6 Å². The van der Waals surface area contributed by atoms with E-state index in [0.717, 1.165) is 0 Å². The molecule has 0 fully saturated rings. The van der Waals surface area contributed by atoms with Crippen LogP contribution in [0, 0.1) is 11.3 Å². The molecule has 0 aliphatic carbocycles. The number of aliphatic hydroxyl groups excluding tert-OH is 1. The molecule has 0 amide bonds. The maximum absolute atomic E-state index is 12.0. The van der Waals surface area contributed by atoms with E-state index < -0.39 is 5.56 Å². The highest BCUT2D eigenvalue weighted by atomic mass is 35.5. The van der Waals surface area contributed by atoms with Gasteiger partial charge in [0.1, 0.15) is 11.5 Å². The summed E-state index contributed by atoms with van der Waals surface area (Å²) >= 11 is 5.80. The number of nitriles is 1. The summed E-state index contributed by atoms with van der Waals surface area (Å²) in [5.41, 5.74) is 1.58. The lowest BCUT2D eigenvalue weighted by Crippen LogP contribution is -2.12. The van der Waals surface area contributed by atoms with Gasteiger partial charge in [-0.2, -0.15) is 5.26 Å². The Hall–Kier alpha value is -3.10. The number of nitrogens with zero attached hydrogens (tertiary/aromatic N) is 2. The van der Waals surface area contributed by atoms with E-state index in [1.807, 2.05) is 6.07 Å². The van der Waals surface area contributed by atoms with Crippen molar-refractivity contribution in [3.05, 3.63) is 74.7 Å². The number of aromatic nitrogens is 2. The molecule has 0 saturated heterocycles. The maximum atomic E-state index is 12.0. The van der Waals surface area contributed by atoms with Gasteiger partial charge >= 0.3 is 0 Å². The Kier molecular flexibility index (Phi) is 3.83. The third-order valence-corrected chi connectivity index (χ3v) is 3.51. The van der Waals surface area contributed by atoms with E-state index in [2.05, 4.69) is 9.97 Å². The van der Waals surface area contributed by atoms with Crippen LogP contribution in [0.25, 0.3) is 22.9 Å². The van der Waals surface area contributed by atoms with Gasteiger partial charge in [-0.15, -0.1) is 0 Å². The zero-order valence-corrected chi connectivity index (χ0v) is 12.5.